The van der Waals surface area contributed by atoms with Gasteiger partial charge in [-0.3, -0.25) is 49.7 Å². The summed E-state index contributed by atoms with van der Waals surface area (Å²) >= 11 is 0. The minimum atomic E-state index is -1.70. The van der Waals surface area contributed by atoms with Gasteiger partial charge in [-0.05, 0) is 68.9 Å². The Kier molecular flexibility index (Phi) is 10.8. The molecule has 0 bridgehead atoms. The molecule has 15 nitrogen and oxygen atoms in total. The van der Waals surface area contributed by atoms with E-state index >= 15 is 0 Å². The van der Waals surface area contributed by atoms with Crippen molar-refractivity contribution in [1.29, 1.82) is 0 Å². The van der Waals surface area contributed by atoms with Crippen LogP contribution in [0.1, 0.15) is 71.6 Å². The molecule has 2 unspecified atom stereocenters. The summed E-state index contributed by atoms with van der Waals surface area (Å²) in [4.78, 5) is 60.5. The van der Waals surface area contributed by atoms with Crippen molar-refractivity contribution in [1.82, 2.24) is 10.8 Å². The highest BCUT2D eigenvalue weighted by Crippen LogP contribution is 2.68. The predicted molar refractivity (Wildman–Crippen MR) is 144 cm³/mol. The number of Topliss-reactive ketones (excluding diaryl/α,β-unsaturated/α-hetero) is 1. The quantitative estimate of drug-likeness (QED) is 0.106. The molecule has 4 aliphatic rings. The summed E-state index contributed by atoms with van der Waals surface area (Å²) in [6.07, 6.45) is 6.13. The second-order valence-electron chi connectivity index (χ2n) is 12.5. The molecule has 0 aromatic heterocycles. The van der Waals surface area contributed by atoms with E-state index in [1.54, 1.807) is 6.08 Å². The Morgan fingerprint density at radius 2 is 1.61 bits per heavy atom. The fraction of sp³-hybridized carbons (Fsp3) is 0.724. The lowest BCUT2D eigenvalue weighted by molar-refractivity contribution is -0.492. The number of aliphatic hydroxyl groups excluding tert-OH is 1. The molecule has 0 aromatic rings. The number of aliphatic hydroxyl groups is 1. The van der Waals surface area contributed by atoms with Crippen molar-refractivity contribution in [3.63, 3.8) is 0 Å². The fourth-order valence-electron chi connectivity index (χ4n) is 8.30. The van der Waals surface area contributed by atoms with Crippen LogP contribution in [0.4, 0.5) is 0 Å². The van der Waals surface area contributed by atoms with Crippen molar-refractivity contribution in [2.75, 3.05) is 19.8 Å². The Balaban J connectivity index is 1.55. The van der Waals surface area contributed by atoms with Gasteiger partial charge in [0.2, 0.25) is 5.78 Å². The van der Waals surface area contributed by atoms with Gasteiger partial charge in [-0.1, -0.05) is 25.5 Å². The van der Waals surface area contributed by atoms with Gasteiger partial charge in [-0.2, -0.15) is 0 Å². The van der Waals surface area contributed by atoms with E-state index < -0.39 is 57.6 Å². The molecule has 0 spiro atoms. The molecule has 4 rings (SSSR count). The van der Waals surface area contributed by atoms with Crippen molar-refractivity contribution >= 4 is 23.5 Å². The van der Waals surface area contributed by atoms with Crippen LogP contribution < -0.4 is 0 Å². The van der Waals surface area contributed by atoms with E-state index in [4.69, 9.17) is 30.3 Å². The average Bonchev–Trinajstić information content (AvgIpc) is 3.24. The van der Waals surface area contributed by atoms with Gasteiger partial charge < -0.3 is 14.6 Å². The maximum Gasteiger partial charge on any atom is 0.306 e. The summed E-state index contributed by atoms with van der Waals surface area (Å²) in [5.74, 6) is -2.51. The van der Waals surface area contributed by atoms with Gasteiger partial charge in [0.05, 0.1) is 30.1 Å². The second kappa shape index (κ2) is 13.8. The van der Waals surface area contributed by atoms with Crippen LogP contribution in [0, 0.1) is 28.6 Å². The molecule has 0 radical (unpaired) electrons. The second-order valence-corrected chi connectivity index (χ2v) is 12.5. The molecule has 0 aliphatic heterocycles. The zero-order chi connectivity index (χ0) is 32.3. The third kappa shape index (κ3) is 6.80. The maximum atomic E-state index is 14.0. The van der Waals surface area contributed by atoms with Crippen LogP contribution in [-0.4, -0.2) is 91.7 Å². The van der Waals surface area contributed by atoms with Gasteiger partial charge >= 0.3 is 11.9 Å². The third-order valence-corrected chi connectivity index (χ3v) is 10.2. The Morgan fingerprint density at radius 1 is 0.977 bits per heavy atom. The lowest BCUT2D eigenvalue weighted by Crippen LogP contribution is -2.63. The summed E-state index contributed by atoms with van der Waals surface area (Å²) in [5, 5.41) is 45.4. The number of esters is 2. The van der Waals surface area contributed by atoms with Crippen molar-refractivity contribution in [3.8, 4) is 0 Å². The highest BCUT2D eigenvalue weighted by Gasteiger charge is 2.70. The highest BCUT2D eigenvalue weighted by atomic mass is 17.1. The van der Waals surface area contributed by atoms with Crippen LogP contribution in [0.15, 0.2) is 23.8 Å². The molecule has 5 N–H and O–H groups in total. The molecule has 15 heteroatoms. The zero-order valence-corrected chi connectivity index (χ0v) is 24.9. The van der Waals surface area contributed by atoms with E-state index in [2.05, 4.69) is 9.68 Å². The molecule has 246 valence electrons. The lowest BCUT2D eigenvalue weighted by Gasteiger charge is -2.59. The number of allylic oxidation sites excluding steroid dienone is 4. The number of rotatable bonds is 14. The number of hydrogen-bond acceptors (Lipinski definition) is 15. The van der Waals surface area contributed by atoms with Crippen molar-refractivity contribution in [2.24, 2.45) is 28.6 Å². The summed E-state index contributed by atoms with van der Waals surface area (Å²) in [6, 6.07) is 0. The maximum absolute atomic E-state index is 14.0. The standard InChI is InChI=1S/C29H42N2O13/c1-27-11-9-19(32)15-18(27)7-8-20-21-10-12-29(28(21,2)16-22(33)26(20)27,44-25(36)6-4-14-43-31(39)40)23(34)17-41-24(35)5-3-13-42-30(37)38/h9,11,15,20-22,26,33,37-40H,3-8,10,12-14,16-17H2,1-2H3/t20?,21?,22-,26+,27-,28-,29-/m0/s1. The molecule has 0 heterocycles. The SMILES string of the molecule is C[C@]12C=CC(=O)C=C1CCC1C3CC[C@](OC(=O)CCCON(O)O)(C(=O)COC(=O)CCCON(O)O)[C@@]3(C)C[C@H](O)[C@@H]12. The smallest absolute Gasteiger partial charge is 0.306 e. The first kappa shape index (κ1) is 34.3. The summed E-state index contributed by atoms with van der Waals surface area (Å²) in [6.45, 7) is 2.81. The zero-order valence-electron chi connectivity index (χ0n) is 24.9. The highest BCUT2D eigenvalue weighted by molar-refractivity contribution is 6.01. The van der Waals surface area contributed by atoms with Crippen molar-refractivity contribution in [3.05, 3.63) is 23.8 Å². The van der Waals surface area contributed by atoms with Gasteiger partial charge in [0.25, 0.3) is 0 Å². The summed E-state index contributed by atoms with van der Waals surface area (Å²) in [5.41, 5.74) is -2.25. The largest absolute Gasteiger partial charge is 0.457 e. The van der Waals surface area contributed by atoms with Crippen LogP contribution in [-0.2, 0) is 38.3 Å². The van der Waals surface area contributed by atoms with Crippen LogP contribution >= 0.6 is 0 Å². The normalized spacial score (nSPS) is 34.3. The number of fused-ring (bicyclic) bond motifs is 5. The third-order valence-electron chi connectivity index (χ3n) is 10.2. The monoisotopic (exact) mass is 626 g/mol. The number of nitrogens with zero attached hydrogens (tertiary/aromatic N) is 2. The van der Waals surface area contributed by atoms with E-state index in [1.165, 1.54) is 6.08 Å². The molecular formula is C29H42N2O13. The van der Waals surface area contributed by atoms with Gasteiger partial charge in [-0.15, -0.1) is 0 Å². The molecule has 4 aliphatic carbocycles. The molecule has 3 saturated carbocycles. The van der Waals surface area contributed by atoms with E-state index in [0.29, 0.717) is 19.3 Å². The van der Waals surface area contributed by atoms with E-state index in [9.17, 15) is 24.3 Å². The van der Waals surface area contributed by atoms with E-state index in [-0.39, 0.29) is 75.3 Å². The van der Waals surface area contributed by atoms with Gasteiger partial charge in [0, 0.05) is 29.6 Å². The lowest BCUT2D eigenvalue weighted by atomic mass is 9.46. The Hall–Kier alpha value is -2.60. The van der Waals surface area contributed by atoms with Crippen LogP contribution in [0.2, 0.25) is 0 Å². The molecule has 7 atom stereocenters. The average molecular weight is 627 g/mol. The van der Waals surface area contributed by atoms with Crippen molar-refractivity contribution < 1.29 is 64.3 Å². The van der Waals surface area contributed by atoms with Gasteiger partial charge in [-0.25, -0.2) is 0 Å². The first-order valence-corrected chi connectivity index (χ1v) is 14.9. The van der Waals surface area contributed by atoms with Gasteiger partial charge in [0.1, 0.15) is 0 Å². The molecular weight excluding hydrogens is 584 g/mol. The summed E-state index contributed by atoms with van der Waals surface area (Å²) in [7, 11) is 0. The number of ether oxygens (including phenoxy) is 2. The van der Waals surface area contributed by atoms with Crippen LogP contribution in [0.5, 0.6) is 0 Å². The Bertz CT molecular complexity index is 1170. The van der Waals surface area contributed by atoms with Crippen LogP contribution in [0.3, 0.4) is 0 Å². The van der Waals surface area contributed by atoms with Gasteiger partial charge in [0.15, 0.2) is 18.0 Å². The Morgan fingerprint density at radius 3 is 2.25 bits per heavy atom. The minimum absolute atomic E-state index is 0.0363. The topological polar surface area (TPSA) is 213 Å². The fourth-order valence-corrected chi connectivity index (χ4v) is 8.30. The summed E-state index contributed by atoms with van der Waals surface area (Å²) < 4.78 is 11.3. The van der Waals surface area contributed by atoms with E-state index in [0.717, 1.165) is 5.57 Å². The Labute approximate surface area is 254 Å². The number of carbonyl (C=O) groups is 4. The van der Waals surface area contributed by atoms with E-state index in [1.807, 2.05) is 19.9 Å². The molecule has 3 fully saturated rings. The molecule has 44 heavy (non-hydrogen) atoms. The predicted octanol–water partition coefficient (Wildman–Crippen LogP) is 2.24. The molecule has 0 saturated heterocycles. The van der Waals surface area contributed by atoms with Crippen LogP contribution in [0.25, 0.3) is 0 Å². The minimum Gasteiger partial charge on any atom is -0.457 e. The first-order chi connectivity index (χ1) is 20.7. The number of ketones is 2. The number of hydrogen-bond donors (Lipinski definition) is 5. The van der Waals surface area contributed by atoms with Crippen molar-refractivity contribution in [2.45, 2.75) is 83.3 Å². The molecule has 0 aromatic carbocycles. The first-order valence-electron chi connectivity index (χ1n) is 14.9. The number of carbonyl (C=O) groups excluding carboxylic acids is 4. The molecule has 0 amide bonds.